The smallest absolute Gasteiger partial charge is 0.351 e. The molecule has 18 heavy (non-hydrogen) atoms. The van der Waals surface area contributed by atoms with Gasteiger partial charge in [0.2, 0.25) is 0 Å². The summed E-state index contributed by atoms with van der Waals surface area (Å²) in [5, 5.41) is 9.41. The van der Waals surface area contributed by atoms with Gasteiger partial charge in [-0.25, -0.2) is 9.78 Å². The molecule has 0 bridgehead atoms. The second kappa shape index (κ2) is 6.57. The molecule has 0 aliphatic heterocycles. The molecule has 0 spiro atoms. The number of aromatic nitrogens is 1. The van der Waals surface area contributed by atoms with Crippen molar-refractivity contribution in [3.05, 3.63) is 10.0 Å². The second-order valence-corrected chi connectivity index (χ2v) is 5.14. The van der Waals surface area contributed by atoms with E-state index in [1.807, 2.05) is 18.7 Å². The van der Waals surface area contributed by atoms with E-state index in [-0.39, 0.29) is 16.1 Å². The van der Waals surface area contributed by atoms with Crippen molar-refractivity contribution in [1.29, 1.82) is 5.26 Å². The van der Waals surface area contributed by atoms with Gasteiger partial charge in [-0.15, -0.1) is 0 Å². The Morgan fingerprint density at radius 2 is 2.33 bits per heavy atom. The Morgan fingerprint density at radius 1 is 1.67 bits per heavy atom. The van der Waals surface area contributed by atoms with Gasteiger partial charge >= 0.3 is 5.97 Å². The summed E-state index contributed by atoms with van der Waals surface area (Å²) in [5.74, 6) is -0.493. The SMILES string of the molecule is COC(=O)c1sc(N(CCC#N)C(C)C)nc1Cl. The van der Waals surface area contributed by atoms with Gasteiger partial charge in [0.05, 0.1) is 19.6 Å². The quantitative estimate of drug-likeness (QED) is 0.779. The Labute approximate surface area is 115 Å². The summed E-state index contributed by atoms with van der Waals surface area (Å²) in [5.41, 5.74) is 0. The number of hydrogen-bond acceptors (Lipinski definition) is 6. The van der Waals surface area contributed by atoms with Crippen LogP contribution in [-0.2, 0) is 4.74 Å². The molecule has 0 aromatic carbocycles. The van der Waals surface area contributed by atoms with E-state index in [0.717, 1.165) is 0 Å². The van der Waals surface area contributed by atoms with Gasteiger partial charge < -0.3 is 9.64 Å². The lowest BCUT2D eigenvalue weighted by Crippen LogP contribution is -2.31. The normalized spacial score (nSPS) is 10.2. The van der Waals surface area contributed by atoms with Crippen LogP contribution < -0.4 is 4.90 Å². The molecule has 1 aromatic heterocycles. The maximum Gasteiger partial charge on any atom is 0.351 e. The van der Waals surface area contributed by atoms with Crippen molar-refractivity contribution < 1.29 is 9.53 Å². The molecule has 0 aliphatic rings. The van der Waals surface area contributed by atoms with Gasteiger partial charge in [0.25, 0.3) is 0 Å². The van der Waals surface area contributed by atoms with E-state index in [9.17, 15) is 4.79 Å². The van der Waals surface area contributed by atoms with Crippen LogP contribution in [0.4, 0.5) is 5.13 Å². The Balaban J connectivity index is 3.00. The average Bonchev–Trinajstić information content (AvgIpc) is 2.70. The number of carbonyl (C=O) groups is 1. The van der Waals surface area contributed by atoms with Gasteiger partial charge in [-0.2, -0.15) is 5.26 Å². The standard InChI is InChI=1S/C11H14ClN3O2S/c1-7(2)15(6-4-5-13)11-14-9(12)8(18-11)10(16)17-3/h7H,4,6H2,1-3H3. The zero-order valence-electron chi connectivity index (χ0n) is 10.4. The number of nitrogens with zero attached hydrogens (tertiary/aromatic N) is 3. The monoisotopic (exact) mass is 287 g/mol. The van der Waals surface area contributed by atoms with Crippen LogP contribution in [0.25, 0.3) is 0 Å². The van der Waals surface area contributed by atoms with Gasteiger partial charge in [0.15, 0.2) is 15.2 Å². The number of esters is 1. The van der Waals surface area contributed by atoms with E-state index in [0.29, 0.717) is 18.1 Å². The van der Waals surface area contributed by atoms with Crippen LogP contribution in [0.15, 0.2) is 0 Å². The first-order valence-corrected chi connectivity index (χ1v) is 6.59. The molecule has 0 saturated carbocycles. The number of ether oxygens (including phenoxy) is 1. The molecule has 0 aliphatic carbocycles. The van der Waals surface area contributed by atoms with E-state index in [4.69, 9.17) is 16.9 Å². The molecule has 1 heterocycles. The molecular formula is C11H14ClN3O2S. The zero-order chi connectivity index (χ0) is 13.7. The van der Waals surface area contributed by atoms with E-state index in [1.165, 1.54) is 18.4 Å². The number of carbonyl (C=O) groups excluding carboxylic acids is 1. The molecule has 0 atom stereocenters. The van der Waals surface area contributed by atoms with Crippen LogP contribution in [0.2, 0.25) is 5.15 Å². The number of thiazole rings is 1. The number of halogens is 1. The van der Waals surface area contributed by atoms with Gasteiger partial charge in [-0.3, -0.25) is 0 Å². The number of methoxy groups -OCH3 is 1. The topological polar surface area (TPSA) is 66.2 Å². The average molecular weight is 288 g/mol. The lowest BCUT2D eigenvalue weighted by atomic mass is 10.3. The minimum absolute atomic E-state index is 0.143. The molecule has 1 rings (SSSR count). The Kier molecular flexibility index (Phi) is 5.38. The lowest BCUT2D eigenvalue weighted by Gasteiger charge is -2.24. The molecule has 0 radical (unpaired) electrons. The van der Waals surface area contributed by atoms with Crippen molar-refractivity contribution in [2.45, 2.75) is 26.3 Å². The van der Waals surface area contributed by atoms with Crippen LogP contribution in [-0.4, -0.2) is 30.6 Å². The predicted molar refractivity (Wildman–Crippen MR) is 71.2 cm³/mol. The molecule has 0 N–H and O–H groups in total. The number of anilines is 1. The number of hydrogen-bond donors (Lipinski definition) is 0. The highest BCUT2D eigenvalue weighted by Gasteiger charge is 2.21. The maximum absolute atomic E-state index is 11.4. The van der Waals surface area contributed by atoms with Crippen LogP contribution in [0, 0.1) is 11.3 Å². The van der Waals surface area contributed by atoms with E-state index < -0.39 is 5.97 Å². The second-order valence-electron chi connectivity index (χ2n) is 3.80. The third-order valence-corrected chi connectivity index (χ3v) is 3.74. The van der Waals surface area contributed by atoms with Crippen LogP contribution >= 0.6 is 22.9 Å². The van der Waals surface area contributed by atoms with Crippen LogP contribution in [0.1, 0.15) is 29.9 Å². The van der Waals surface area contributed by atoms with Crippen molar-refractivity contribution in [1.82, 2.24) is 4.98 Å². The fourth-order valence-corrected chi connectivity index (χ4v) is 2.74. The summed E-state index contributed by atoms with van der Waals surface area (Å²) in [6.07, 6.45) is 0.392. The molecule has 0 fully saturated rings. The van der Waals surface area contributed by atoms with Crippen LogP contribution in [0.5, 0.6) is 0 Å². The lowest BCUT2D eigenvalue weighted by molar-refractivity contribution is 0.0606. The van der Waals surface area contributed by atoms with Crippen molar-refractivity contribution in [2.75, 3.05) is 18.6 Å². The number of rotatable bonds is 5. The minimum Gasteiger partial charge on any atom is -0.465 e. The number of nitriles is 1. The first-order valence-electron chi connectivity index (χ1n) is 5.39. The molecule has 5 nitrogen and oxygen atoms in total. The fourth-order valence-electron chi connectivity index (χ4n) is 1.38. The van der Waals surface area contributed by atoms with Crippen molar-refractivity contribution in [3.8, 4) is 6.07 Å². The first-order chi connectivity index (χ1) is 8.51. The Hall–Kier alpha value is -1.32. The van der Waals surface area contributed by atoms with Gasteiger partial charge in [-0.1, -0.05) is 22.9 Å². The minimum atomic E-state index is -0.493. The highest BCUT2D eigenvalue weighted by molar-refractivity contribution is 7.18. The predicted octanol–water partition coefficient (Wildman–Crippen LogP) is 2.71. The summed E-state index contributed by atoms with van der Waals surface area (Å²) in [6.45, 7) is 4.54. The molecular weight excluding hydrogens is 274 g/mol. The van der Waals surface area contributed by atoms with Crippen molar-refractivity contribution in [2.24, 2.45) is 0 Å². The van der Waals surface area contributed by atoms with Crippen molar-refractivity contribution in [3.63, 3.8) is 0 Å². The van der Waals surface area contributed by atoms with Gasteiger partial charge in [0.1, 0.15) is 0 Å². The molecule has 98 valence electrons. The third kappa shape index (κ3) is 3.34. The molecule has 7 heteroatoms. The van der Waals surface area contributed by atoms with E-state index >= 15 is 0 Å². The summed E-state index contributed by atoms with van der Waals surface area (Å²) < 4.78 is 4.63. The first kappa shape index (κ1) is 14.7. The summed E-state index contributed by atoms with van der Waals surface area (Å²) in [4.78, 5) is 17.8. The van der Waals surface area contributed by atoms with E-state index in [1.54, 1.807) is 0 Å². The maximum atomic E-state index is 11.4. The summed E-state index contributed by atoms with van der Waals surface area (Å²) >= 11 is 7.09. The Morgan fingerprint density at radius 3 is 2.83 bits per heavy atom. The summed E-state index contributed by atoms with van der Waals surface area (Å²) in [6, 6.07) is 2.26. The molecule has 0 saturated heterocycles. The molecule has 1 aromatic rings. The fraction of sp³-hybridized carbons (Fsp3) is 0.545. The summed E-state index contributed by atoms with van der Waals surface area (Å²) in [7, 11) is 1.30. The largest absolute Gasteiger partial charge is 0.465 e. The van der Waals surface area contributed by atoms with Crippen LogP contribution in [0.3, 0.4) is 0 Å². The highest BCUT2D eigenvalue weighted by atomic mass is 35.5. The molecule has 0 unspecified atom stereocenters. The third-order valence-electron chi connectivity index (χ3n) is 2.28. The highest BCUT2D eigenvalue weighted by Crippen LogP contribution is 2.31. The van der Waals surface area contributed by atoms with Crippen molar-refractivity contribution >= 4 is 34.0 Å². The van der Waals surface area contributed by atoms with Gasteiger partial charge in [-0.05, 0) is 13.8 Å². The zero-order valence-corrected chi connectivity index (χ0v) is 12.0. The molecule has 0 amide bonds. The Bertz CT molecular complexity index is 467. The van der Waals surface area contributed by atoms with Gasteiger partial charge in [0, 0.05) is 12.6 Å². The van der Waals surface area contributed by atoms with E-state index in [2.05, 4.69) is 15.8 Å².